The van der Waals surface area contributed by atoms with Crippen molar-refractivity contribution in [3.8, 4) is 0 Å². The number of hydrogen-bond donors (Lipinski definition) is 0. The van der Waals surface area contributed by atoms with Crippen LogP contribution < -0.4 is 69.3 Å². The van der Waals surface area contributed by atoms with E-state index >= 15 is 0 Å². The number of carbonyl (C=O) groups is 2. The van der Waals surface area contributed by atoms with Crippen molar-refractivity contribution in [1.29, 1.82) is 0 Å². The summed E-state index contributed by atoms with van der Waals surface area (Å²) in [4.78, 5) is 21.5. The second-order valence-corrected chi connectivity index (χ2v) is 8.31. The Balaban J connectivity index is 0. The monoisotopic (exact) mass is 430 g/mol. The Labute approximate surface area is 225 Å². The van der Waals surface area contributed by atoms with Crippen LogP contribution >= 0.6 is 0 Å². The molecular formula is C24H32Na2O4. The number of aliphatic carboxylic acids is 2. The molecule has 154 valence electrons. The summed E-state index contributed by atoms with van der Waals surface area (Å²) in [5, 5.41) is 21.5. The summed E-state index contributed by atoms with van der Waals surface area (Å²) in [6, 6.07) is 0. The van der Waals surface area contributed by atoms with Crippen molar-refractivity contribution in [2.45, 2.75) is 66.7 Å². The van der Waals surface area contributed by atoms with Crippen molar-refractivity contribution in [1.82, 2.24) is 0 Å². The molecule has 6 heteroatoms. The molecule has 0 amide bonds. The molecule has 0 radical (unpaired) electrons. The Morgan fingerprint density at radius 3 is 2.27 bits per heavy atom. The SMILES string of the molecule is CC(C=CC1=C(C)CCCC1(C)C)=CC=CC(C)=CCC(CC(=O)[O-])C(=O)[O-].[Na+].[Na+]. The molecule has 1 aliphatic carbocycles. The van der Waals surface area contributed by atoms with E-state index in [0.717, 1.165) is 11.1 Å². The fraction of sp³-hybridized carbons (Fsp3) is 0.500. The minimum atomic E-state index is -1.38. The molecule has 0 spiro atoms. The van der Waals surface area contributed by atoms with Gasteiger partial charge in [0, 0.05) is 17.9 Å². The number of carbonyl (C=O) groups excluding carboxylic acids is 2. The molecule has 1 aliphatic rings. The Hall–Kier alpha value is -0.360. The second kappa shape index (κ2) is 15.4. The second-order valence-electron chi connectivity index (χ2n) is 8.31. The first kappa shape index (κ1) is 31.8. The molecule has 0 bridgehead atoms. The van der Waals surface area contributed by atoms with E-state index in [2.05, 4.69) is 32.9 Å². The van der Waals surface area contributed by atoms with Crippen LogP contribution in [0.4, 0.5) is 0 Å². The summed E-state index contributed by atoms with van der Waals surface area (Å²) < 4.78 is 0. The smallest absolute Gasteiger partial charge is 0.550 e. The Bertz CT molecular complexity index is 740. The van der Waals surface area contributed by atoms with Crippen LogP contribution in [0.5, 0.6) is 0 Å². The third-order valence-electron chi connectivity index (χ3n) is 5.24. The van der Waals surface area contributed by atoms with Crippen molar-refractivity contribution >= 4 is 11.9 Å². The average Bonchev–Trinajstić information content (AvgIpc) is 2.57. The largest absolute Gasteiger partial charge is 1.00 e. The molecule has 0 saturated carbocycles. The van der Waals surface area contributed by atoms with Crippen LogP contribution in [-0.4, -0.2) is 11.9 Å². The van der Waals surface area contributed by atoms with Gasteiger partial charge in [0.25, 0.3) is 0 Å². The van der Waals surface area contributed by atoms with Gasteiger partial charge < -0.3 is 19.8 Å². The third-order valence-corrected chi connectivity index (χ3v) is 5.24. The Morgan fingerprint density at radius 2 is 1.73 bits per heavy atom. The summed E-state index contributed by atoms with van der Waals surface area (Å²) in [5.41, 5.74) is 5.09. The quantitative estimate of drug-likeness (QED) is 0.297. The molecule has 0 fully saturated rings. The normalized spacial score (nSPS) is 18.2. The topological polar surface area (TPSA) is 80.3 Å². The van der Waals surface area contributed by atoms with Gasteiger partial charge in [-0.2, -0.15) is 0 Å². The Morgan fingerprint density at radius 1 is 1.10 bits per heavy atom. The van der Waals surface area contributed by atoms with E-state index in [0.29, 0.717) is 0 Å². The Kier molecular flexibility index (Phi) is 16.4. The number of allylic oxidation sites excluding steroid dienone is 10. The summed E-state index contributed by atoms with van der Waals surface area (Å²) >= 11 is 0. The van der Waals surface area contributed by atoms with Gasteiger partial charge in [-0.15, -0.1) is 0 Å². The maximum Gasteiger partial charge on any atom is 1.00 e. The molecule has 0 N–H and O–H groups in total. The van der Waals surface area contributed by atoms with Gasteiger partial charge in [-0.3, -0.25) is 0 Å². The number of hydrogen-bond acceptors (Lipinski definition) is 4. The van der Waals surface area contributed by atoms with Gasteiger partial charge in [0.15, 0.2) is 0 Å². The number of rotatable bonds is 9. The first-order chi connectivity index (χ1) is 13.0. The van der Waals surface area contributed by atoms with Gasteiger partial charge in [0.05, 0.1) is 0 Å². The van der Waals surface area contributed by atoms with Gasteiger partial charge in [-0.1, -0.05) is 67.0 Å². The first-order valence-electron chi connectivity index (χ1n) is 9.83. The molecule has 0 aromatic rings. The van der Waals surface area contributed by atoms with Crippen molar-refractivity contribution < 1.29 is 78.9 Å². The molecule has 1 unspecified atom stereocenters. The van der Waals surface area contributed by atoms with Crippen LogP contribution in [0.1, 0.15) is 66.7 Å². The van der Waals surface area contributed by atoms with Crippen molar-refractivity contribution in [3.63, 3.8) is 0 Å². The van der Waals surface area contributed by atoms with Crippen molar-refractivity contribution in [3.05, 3.63) is 58.7 Å². The minimum absolute atomic E-state index is 0. The predicted molar refractivity (Wildman–Crippen MR) is 109 cm³/mol. The first-order valence-corrected chi connectivity index (χ1v) is 9.83. The number of carboxylic acids is 2. The minimum Gasteiger partial charge on any atom is -0.550 e. The molecule has 0 aromatic carbocycles. The van der Waals surface area contributed by atoms with Crippen LogP contribution in [0.25, 0.3) is 0 Å². The molecule has 0 aromatic heterocycles. The van der Waals surface area contributed by atoms with E-state index in [-0.39, 0.29) is 71.0 Å². The van der Waals surface area contributed by atoms with E-state index in [9.17, 15) is 19.8 Å². The van der Waals surface area contributed by atoms with Crippen LogP contribution in [0, 0.1) is 11.3 Å². The van der Waals surface area contributed by atoms with Crippen molar-refractivity contribution in [2.24, 2.45) is 11.3 Å². The molecule has 0 saturated heterocycles. The maximum absolute atomic E-state index is 11.0. The van der Waals surface area contributed by atoms with E-state index in [1.165, 1.54) is 30.4 Å². The number of carboxylic acid groups (broad SMARTS) is 2. The zero-order valence-corrected chi connectivity index (χ0v) is 23.7. The van der Waals surface area contributed by atoms with Crippen molar-refractivity contribution in [2.75, 3.05) is 0 Å². The summed E-state index contributed by atoms with van der Waals surface area (Å²) in [7, 11) is 0. The van der Waals surface area contributed by atoms with Crippen LogP contribution in [-0.2, 0) is 9.59 Å². The fourth-order valence-corrected chi connectivity index (χ4v) is 3.49. The van der Waals surface area contributed by atoms with Crippen LogP contribution in [0.2, 0.25) is 0 Å². The van der Waals surface area contributed by atoms with Gasteiger partial charge >= 0.3 is 59.1 Å². The third kappa shape index (κ3) is 11.9. The molecule has 1 rings (SSSR count). The van der Waals surface area contributed by atoms with E-state index in [4.69, 9.17) is 0 Å². The summed E-state index contributed by atoms with van der Waals surface area (Å²) in [6.45, 7) is 10.7. The molecule has 0 aliphatic heterocycles. The fourth-order valence-electron chi connectivity index (χ4n) is 3.49. The summed E-state index contributed by atoms with van der Waals surface area (Å²) in [6.07, 6.45) is 15.0. The van der Waals surface area contributed by atoms with Crippen LogP contribution in [0.15, 0.2) is 58.7 Å². The van der Waals surface area contributed by atoms with Gasteiger partial charge in [-0.25, -0.2) is 0 Å². The van der Waals surface area contributed by atoms with E-state index in [1.54, 1.807) is 6.08 Å². The molecule has 0 heterocycles. The summed E-state index contributed by atoms with van der Waals surface area (Å²) in [5.74, 6) is -3.81. The van der Waals surface area contributed by atoms with Gasteiger partial charge in [-0.05, 0) is 63.9 Å². The maximum atomic E-state index is 11.0. The molecule has 1 atom stereocenters. The van der Waals surface area contributed by atoms with Crippen LogP contribution in [0.3, 0.4) is 0 Å². The standard InChI is InChI=1S/C24H34O4.2Na/c1-17(11-13-20(23(27)28)16-22(25)26)8-6-9-18(2)12-14-21-19(3)10-7-15-24(21,4)5;;/h6,8-9,11-12,14,20H,7,10,13,15-16H2,1-5H3,(H,25,26)(H,27,28);;/q;2*+1/p-2. The van der Waals surface area contributed by atoms with E-state index < -0.39 is 24.3 Å². The zero-order valence-electron chi connectivity index (χ0n) is 19.7. The molecule has 4 nitrogen and oxygen atoms in total. The van der Waals surface area contributed by atoms with Gasteiger partial charge in [0.2, 0.25) is 0 Å². The molecular weight excluding hydrogens is 398 g/mol. The van der Waals surface area contributed by atoms with E-state index in [1.807, 2.05) is 32.1 Å². The average molecular weight is 430 g/mol. The predicted octanol–water partition coefficient (Wildman–Crippen LogP) is -2.58. The zero-order chi connectivity index (χ0) is 21.3. The van der Waals surface area contributed by atoms with Gasteiger partial charge in [0.1, 0.15) is 0 Å². The molecule has 30 heavy (non-hydrogen) atoms.